The molecule has 4 aliphatic rings. The third-order valence-electron chi connectivity index (χ3n) is 8.21. The van der Waals surface area contributed by atoms with E-state index in [2.05, 4.69) is 15.3 Å². The minimum Gasteiger partial charge on any atom is -0.470 e. The summed E-state index contributed by atoms with van der Waals surface area (Å²) >= 11 is 0. The van der Waals surface area contributed by atoms with Crippen LogP contribution in [-0.4, -0.2) is 59.2 Å². The Labute approximate surface area is 226 Å². The predicted octanol–water partition coefficient (Wildman–Crippen LogP) is 3.81. The number of halogens is 1. The number of nitrogens with one attached hydrogen (secondary N) is 1. The predicted molar refractivity (Wildman–Crippen MR) is 141 cm³/mol. The molecule has 3 saturated heterocycles. The van der Waals surface area contributed by atoms with E-state index in [1.807, 2.05) is 30.3 Å². The summed E-state index contributed by atoms with van der Waals surface area (Å²) in [7, 11) is 0. The maximum absolute atomic E-state index is 15.0. The summed E-state index contributed by atoms with van der Waals surface area (Å²) in [5.74, 6) is -0.0815. The number of alkyl carbamates (subject to hydrolysis) is 1. The van der Waals surface area contributed by atoms with E-state index < -0.39 is 24.1 Å². The average Bonchev–Trinajstić information content (AvgIpc) is 3.39. The Balaban J connectivity index is 1.12. The molecule has 7 rings (SSSR count). The zero-order valence-electron chi connectivity index (χ0n) is 21.7. The first-order chi connectivity index (χ1) is 18.9. The van der Waals surface area contributed by atoms with Crippen LogP contribution in [-0.2, 0) is 27.2 Å². The Bertz CT molecular complexity index is 1320. The molecule has 3 aromatic rings. The van der Waals surface area contributed by atoms with E-state index >= 15 is 4.39 Å². The summed E-state index contributed by atoms with van der Waals surface area (Å²) in [5, 5.41) is 2.82. The molecule has 0 unspecified atom stereocenters. The van der Waals surface area contributed by atoms with Gasteiger partial charge in [-0.25, -0.2) is 14.2 Å². The highest BCUT2D eigenvalue weighted by molar-refractivity contribution is 5.78. The van der Waals surface area contributed by atoms with Gasteiger partial charge in [-0.1, -0.05) is 30.3 Å². The van der Waals surface area contributed by atoms with Crippen LogP contribution in [0.2, 0.25) is 0 Å². The fourth-order valence-corrected chi connectivity index (χ4v) is 5.70. The van der Waals surface area contributed by atoms with Gasteiger partial charge in [-0.05, 0) is 50.2 Å². The highest BCUT2D eigenvalue weighted by atomic mass is 19.1. The van der Waals surface area contributed by atoms with Crippen molar-refractivity contribution < 1.29 is 28.1 Å². The number of fused-ring (bicyclic) bond motifs is 4. The molecule has 1 saturated carbocycles. The second-order valence-corrected chi connectivity index (χ2v) is 10.9. The molecule has 10 heteroatoms. The Kier molecular flexibility index (Phi) is 7.09. The van der Waals surface area contributed by atoms with Crippen LogP contribution >= 0.6 is 0 Å². The van der Waals surface area contributed by atoms with Gasteiger partial charge < -0.3 is 30.0 Å². The number of benzene rings is 1. The van der Waals surface area contributed by atoms with Crippen LogP contribution in [0.15, 0.2) is 48.7 Å². The van der Waals surface area contributed by atoms with Crippen molar-refractivity contribution in [2.45, 2.75) is 68.4 Å². The van der Waals surface area contributed by atoms with E-state index in [1.165, 1.54) is 6.20 Å². The van der Waals surface area contributed by atoms with Crippen molar-refractivity contribution in [2.75, 3.05) is 19.8 Å². The van der Waals surface area contributed by atoms with Gasteiger partial charge in [-0.3, -0.25) is 4.98 Å². The standard InChI is InChI=1S/C29H33FN4O5/c30-21-14-32-22-6-7-25(34-26(22)20(21)8-9-29-12-10-28(31,11-13-29)18-38-29)39-24-17-36-16-23(24)33-27(35)37-15-19-4-2-1-3-5-19/h1-7,14,23-24H,8-13,15-18,31H2,(H,33,35)/t23-,24-,28?,29?/m1/s1. The second kappa shape index (κ2) is 10.7. The maximum atomic E-state index is 15.0. The van der Waals surface area contributed by atoms with Crippen LogP contribution in [0.5, 0.6) is 5.88 Å². The van der Waals surface area contributed by atoms with E-state index in [0.717, 1.165) is 31.2 Å². The summed E-state index contributed by atoms with van der Waals surface area (Å²) in [6.07, 6.45) is 5.03. The van der Waals surface area contributed by atoms with Gasteiger partial charge in [-0.15, -0.1) is 0 Å². The van der Waals surface area contributed by atoms with Crippen LogP contribution in [0.25, 0.3) is 11.0 Å². The van der Waals surface area contributed by atoms with E-state index in [9.17, 15) is 4.79 Å². The molecule has 1 aromatic carbocycles. The van der Waals surface area contributed by atoms with Crippen LogP contribution in [0.3, 0.4) is 0 Å². The summed E-state index contributed by atoms with van der Waals surface area (Å²) in [4.78, 5) is 21.2. The summed E-state index contributed by atoms with van der Waals surface area (Å²) in [5.41, 5.74) is 8.35. The lowest BCUT2D eigenvalue weighted by Gasteiger charge is -2.51. The number of aryl methyl sites for hydroxylation is 1. The number of ether oxygens (including phenoxy) is 4. The number of hydrogen-bond acceptors (Lipinski definition) is 8. The Morgan fingerprint density at radius 2 is 1.95 bits per heavy atom. The fraction of sp³-hybridized carbons (Fsp3) is 0.483. The molecule has 5 heterocycles. The highest BCUT2D eigenvalue weighted by Crippen LogP contribution is 2.45. The minimum atomic E-state index is -0.554. The monoisotopic (exact) mass is 536 g/mol. The first kappa shape index (κ1) is 25.9. The molecule has 1 amide bonds. The number of nitrogens with two attached hydrogens (primary N) is 1. The van der Waals surface area contributed by atoms with E-state index in [0.29, 0.717) is 41.9 Å². The molecule has 0 radical (unpaired) electrons. The number of carbonyl (C=O) groups excluding carboxylic acids is 1. The van der Waals surface area contributed by atoms with Crippen molar-refractivity contribution >= 4 is 17.1 Å². The summed E-state index contributed by atoms with van der Waals surface area (Å²) < 4.78 is 38.2. The number of hydrogen-bond donors (Lipinski definition) is 2. The average molecular weight is 537 g/mol. The van der Waals surface area contributed by atoms with Crippen molar-refractivity contribution in [1.82, 2.24) is 15.3 Å². The summed E-state index contributed by atoms with van der Waals surface area (Å²) in [6.45, 7) is 1.28. The largest absolute Gasteiger partial charge is 0.470 e. The smallest absolute Gasteiger partial charge is 0.407 e. The van der Waals surface area contributed by atoms with E-state index in [-0.39, 0.29) is 31.0 Å². The van der Waals surface area contributed by atoms with Gasteiger partial charge in [0.25, 0.3) is 0 Å². The molecule has 2 bridgehead atoms. The Morgan fingerprint density at radius 1 is 1.13 bits per heavy atom. The number of rotatable bonds is 8. The van der Waals surface area contributed by atoms with Crippen LogP contribution < -0.4 is 15.8 Å². The SMILES string of the molecule is NC12CCC(CCc3c(F)cnc4ccc(O[C@@H]5COC[C@H]5NC(=O)OCc5ccccc5)nc34)(CC1)OC2. The van der Waals surface area contributed by atoms with Crippen LogP contribution in [0.4, 0.5) is 9.18 Å². The molecule has 3 N–H and O–H groups in total. The van der Waals surface area contributed by atoms with Crippen molar-refractivity contribution in [1.29, 1.82) is 0 Å². The van der Waals surface area contributed by atoms with Gasteiger partial charge in [-0.2, -0.15) is 0 Å². The molecular weight excluding hydrogens is 503 g/mol. The molecule has 0 spiro atoms. The molecule has 39 heavy (non-hydrogen) atoms. The third kappa shape index (κ3) is 5.68. The van der Waals surface area contributed by atoms with E-state index in [4.69, 9.17) is 24.7 Å². The van der Waals surface area contributed by atoms with Crippen molar-refractivity contribution in [3.63, 3.8) is 0 Å². The molecular formula is C29H33FN4O5. The number of amides is 1. The molecule has 1 aliphatic carbocycles. The van der Waals surface area contributed by atoms with Gasteiger partial charge in [0, 0.05) is 17.2 Å². The van der Waals surface area contributed by atoms with Gasteiger partial charge in [0.2, 0.25) is 5.88 Å². The van der Waals surface area contributed by atoms with Gasteiger partial charge >= 0.3 is 6.09 Å². The van der Waals surface area contributed by atoms with E-state index in [1.54, 1.807) is 12.1 Å². The zero-order chi connectivity index (χ0) is 26.9. The molecule has 206 valence electrons. The number of pyridine rings is 2. The normalized spacial score (nSPS) is 27.9. The molecule has 3 aliphatic heterocycles. The molecule has 2 atom stereocenters. The first-order valence-corrected chi connectivity index (χ1v) is 13.5. The van der Waals surface area contributed by atoms with Crippen LogP contribution in [0, 0.1) is 5.82 Å². The maximum Gasteiger partial charge on any atom is 0.407 e. The van der Waals surface area contributed by atoms with Gasteiger partial charge in [0.1, 0.15) is 18.5 Å². The lowest BCUT2D eigenvalue weighted by molar-refractivity contribution is -0.156. The quantitative estimate of drug-likeness (QED) is 0.446. The lowest BCUT2D eigenvalue weighted by Crippen LogP contribution is -2.59. The minimum absolute atomic E-state index is 0.165. The van der Waals surface area contributed by atoms with Gasteiger partial charge in [0.05, 0.1) is 48.7 Å². The van der Waals surface area contributed by atoms with Gasteiger partial charge in [0.15, 0.2) is 0 Å². The molecule has 4 fully saturated rings. The second-order valence-electron chi connectivity index (χ2n) is 10.9. The Morgan fingerprint density at radius 3 is 2.72 bits per heavy atom. The number of aromatic nitrogens is 2. The number of carbonyl (C=O) groups is 1. The van der Waals surface area contributed by atoms with Crippen molar-refractivity contribution in [2.24, 2.45) is 5.73 Å². The topological polar surface area (TPSA) is 118 Å². The molecule has 9 nitrogen and oxygen atoms in total. The zero-order valence-corrected chi connectivity index (χ0v) is 21.7. The number of nitrogens with zero attached hydrogens (tertiary/aromatic N) is 2. The Hall–Kier alpha value is -3.34. The van der Waals surface area contributed by atoms with Crippen LogP contribution in [0.1, 0.15) is 43.2 Å². The molecule has 2 aromatic heterocycles. The van der Waals surface area contributed by atoms with Crippen molar-refractivity contribution in [3.8, 4) is 5.88 Å². The summed E-state index contributed by atoms with van der Waals surface area (Å²) in [6, 6.07) is 12.5. The van der Waals surface area contributed by atoms with Crippen molar-refractivity contribution in [3.05, 3.63) is 65.6 Å². The lowest BCUT2D eigenvalue weighted by atomic mass is 9.70. The fourth-order valence-electron chi connectivity index (χ4n) is 5.70. The third-order valence-corrected chi connectivity index (χ3v) is 8.21. The highest BCUT2D eigenvalue weighted by Gasteiger charge is 2.47. The first-order valence-electron chi connectivity index (χ1n) is 13.5.